The number of aliphatic hydroxyl groups excluding tert-OH is 1. The molecule has 1 aromatic heterocycles. The fraction of sp³-hybridized carbons (Fsp3) is 0.391. The summed E-state index contributed by atoms with van der Waals surface area (Å²) in [6, 6.07) is 10.3. The number of carbonyl (C=O) groups excluding carboxylic acids is 2. The first-order valence-electron chi connectivity index (χ1n) is 9.55. The largest absolute Gasteiger partial charge is 0.503 e. The maximum Gasteiger partial charge on any atom is 0.294 e. The average molecular weight is 381 g/mol. The van der Waals surface area contributed by atoms with Crippen molar-refractivity contribution in [3.63, 3.8) is 0 Å². The lowest BCUT2D eigenvalue weighted by atomic mass is 9.87. The number of Topliss-reactive ketones (excluding diaryl/α,β-unsaturated/α-hetero) is 1. The lowest BCUT2D eigenvalue weighted by Crippen LogP contribution is -2.31. The van der Waals surface area contributed by atoms with Gasteiger partial charge in [-0.2, -0.15) is 0 Å². The van der Waals surface area contributed by atoms with E-state index < -0.39 is 17.7 Å². The van der Waals surface area contributed by atoms with Crippen molar-refractivity contribution in [1.82, 2.24) is 0 Å². The smallest absolute Gasteiger partial charge is 0.294 e. The molecule has 0 saturated heterocycles. The normalized spacial score (nSPS) is 17.7. The molecule has 28 heavy (non-hydrogen) atoms. The van der Waals surface area contributed by atoms with Crippen LogP contribution in [0.25, 0.3) is 0 Å². The highest BCUT2D eigenvalue weighted by molar-refractivity contribution is 6.16. The fourth-order valence-electron chi connectivity index (χ4n) is 3.48. The Morgan fingerprint density at radius 3 is 2.32 bits per heavy atom. The molecule has 1 aliphatic rings. The molecule has 1 N–H and O–H groups in total. The Morgan fingerprint density at radius 2 is 1.82 bits per heavy atom. The number of anilines is 1. The number of aliphatic hydroxyl groups is 1. The molecule has 0 radical (unpaired) electrons. The minimum absolute atomic E-state index is 0.0211. The molecule has 1 unspecified atom stereocenters. The third-order valence-electron chi connectivity index (χ3n) is 4.93. The molecule has 148 valence electrons. The number of carbonyl (C=O) groups is 2. The lowest BCUT2D eigenvalue weighted by Gasteiger charge is -2.26. The number of furan rings is 1. The molecule has 5 heteroatoms. The third-order valence-corrected chi connectivity index (χ3v) is 4.93. The molecule has 3 rings (SSSR count). The highest BCUT2D eigenvalue weighted by Gasteiger charge is 2.45. The van der Waals surface area contributed by atoms with Crippen LogP contribution in [0.2, 0.25) is 0 Å². The second kappa shape index (κ2) is 7.30. The summed E-state index contributed by atoms with van der Waals surface area (Å²) >= 11 is 0. The number of rotatable bonds is 5. The van der Waals surface area contributed by atoms with Crippen molar-refractivity contribution in [2.75, 3.05) is 4.90 Å². The van der Waals surface area contributed by atoms with Crippen LogP contribution < -0.4 is 4.90 Å². The topological polar surface area (TPSA) is 70.8 Å². The molecule has 1 aliphatic heterocycles. The second-order valence-electron chi connectivity index (χ2n) is 8.67. The summed E-state index contributed by atoms with van der Waals surface area (Å²) in [6.07, 6.45) is 1.75. The van der Waals surface area contributed by atoms with Gasteiger partial charge in [0.1, 0.15) is 11.8 Å². The van der Waals surface area contributed by atoms with Crippen LogP contribution in [-0.2, 0) is 15.0 Å². The number of benzene rings is 1. The molecule has 2 heterocycles. The zero-order valence-electron chi connectivity index (χ0n) is 17.0. The predicted octanol–water partition coefficient (Wildman–Crippen LogP) is 5.09. The van der Waals surface area contributed by atoms with Gasteiger partial charge in [0.15, 0.2) is 11.5 Å². The van der Waals surface area contributed by atoms with Gasteiger partial charge < -0.3 is 9.52 Å². The van der Waals surface area contributed by atoms with Gasteiger partial charge in [-0.3, -0.25) is 14.5 Å². The Kier molecular flexibility index (Phi) is 5.20. The Hall–Kier alpha value is -2.82. The molecule has 0 spiro atoms. The quantitative estimate of drug-likeness (QED) is 0.783. The molecule has 5 nitrogen and oxygen atoms in total. The van der Waals surface area contributed by atoms with Crippen molar-refractivity contribution >= 4 is 17.4 Å². The van der Waals surface area contributed by atoms with Crippen molar-refractivity contribution in [2.24, 2.45) is 5.92 Å². The van der Waals surface area contributed by atoms with E-state index in [1.807, 2.05) is 38.1 Å². The van der Waals surface area contributed by atoms with Gasteiger partial charge in [-0.15, -0.1) is 0 Å². The van der Waals surface area contributed by atoms with E-state index in [2.05, 4.69) is 20.8 Å². The van der Waals surface area contributed by atoms with Crippen molar-refractivity contribution in [3.8, 4) is 0 Å². The summed E-state index contributed by atoms with van der Waals surface area (Å²) in [5, 5.41) is 10.6. The van der Waals surface area contributed by atoms with Crippen LogP contribution in [0.15, 0.2) is 58.4 Å². The summed E-state index contributed by atoms with van der Waals surface area (Å²) < 4.78 is 5.54. The standard InChI is InChI=1S/C23H27NO4/c1-14(2)13-17(25)19-20(18-7-6-12-28-18)24(22(27)21(19)26)16-10-8-15(9-11-16)23(3,4)5/h6-12,14,20,26H,13H2,1-5H3. The number of amides is 1. The van der Waals surface area contributed by atoms with Gasteiger partial charge in [-0.25, -0.2) is 0 Å². The van der Waals surface area contributed by atoms with E-state index in [-0.39, 0.29) is 29.1 Å². The molecular weight excluding hydrogens is 354 g/mol. The van der Waals surface area contributed by atoms with E-state index in [1.54, 1.807) is 12.1 Å². The van der Waals surface area contributed by atoms with E-state index in [0.29, 0.717) is 11.4 Å². The van der Waals surface area contributed by atoms with Crippen LogP contribution in [-0.4, -0.2) is 16.8 Å². The summed E-state index contributed by atoms with van der Waals surface area (Å²) in [4.78, 5) is 27.2. The Balaban J connectivity index is 2.06. The number of ketones is 1. The first-order valence-corrected chi connectivity index (χ1v) is 9.55. The zero-order valence-corrected chi connectivity index (χ0v) is 17.0. The maximum absolute atomic E-state index is 12.9. The number of hydrogen-bond donors (Lipinski definition) is 1. The van der Waals surface area contributed by atoms with Crippen LogP contribution in [0.5, 0.6) is 0 Å². The summed E-state index contributed by atoms with van der Waals surface area (Å²) in [7, 11) is 0. The van der Waals surface area contributed by atoms with Crippen molar-refractivity contribution in [3.05, 3.63) is 65.3 Å². The van der Waals surface area contributed by atoms with Crippen LogP contribution >= 0.6 is 0 Å². The Morgan fingerprint density at radius 1 is 1.18 bits per heavy atom. The maximum atomic E-state index is 12.9. The monoisotopic (exact) mass is 381 g/mol. The lowest BCUT2D eigenvalue weighted by molar-refractivity contribution is -0.118. The molecule has 0 saturated carbocycles. The third kappa shape index (κ3) is 3.61. The van der Waals surface area contributed by atoms with Crippen molar-refractivity contribution < 1.29 is 19.1 Å². The highest BCUT2D eigenvalue weighted by Crippen LogP contribution is 2.42. The molecule has 1 aromatic carbocycles. The van der Waals surface area contributed by atoms with Gasteiger partial charge in [0.05, 0.1) is 11.8 Å². The molecule has 2 aromatic rings. The van der Waals surface area contributed by atoms with Gasteiger partial charge in [0, 0.05) is 12.1 Å². The zero-order chi connectivity index (χ0) is 20.6. The fourth-order valence-corrected chi connectivity index (χ4v) is 3.48. The van der Waals surface area contributed by atoms with E-state index in [4.69, 9.17) is 4.42 Å². The molecular formula is C23H27NO4. The molecule has 1 atom stereocenters. The van der Waals surface area contributed by atoms with Gasteiger partial charge in [-0.1, -0.05) is 46.8 Å². The Bertz CT molecular complexity index is 899. The molecule has 0 fully saturated rings. The second-order valence-corrected chi connectivity index (χ2v) is 8.67. The van der Waals surface area contributed by atoms with E-state index in [9.17, 15) is 14.7 Å². The van der Waals surface area contributed by atoms with Crippen molar-refractivity contribution in [2.45, 2.75) is 52.5 Å². The number of hydrogen-bond acceptors (Lipinski definition) is 4. The summed E-state index contributed by atoms with van der Waals surface area (Å²) in [5.41, 5.74) is 1.82. The summed E-state index contributed by atoms with van der Waals surface area (Å²) in [5.74, 6) is -0.760. The predicted molar refractivity (Wildman–Crippen MR) is 108 cm³/mol. The summed E-state index contributed by atoms with van der Waals surface area (Å²) in [6.45, 7) is 10.2. The Labute approximate surface area is 165 Å². The van der Waals surface area contributed by atoms with Crippen molar-refractivity contribution in [1.29, 1.82) is 0 Å². The van der Waals surface area contributed by atoms with Crippen LogP contribution in [0.4, 0.5) is 5.69 Å². The van der Waals surface area contributed by atoms with E-state index in [0.717, 1.165) is 5.56 Å². The van der Waals surface area contributed by atoms with Gasteiger partial charge in [0.25, 0.3) is 5.91 Å². The van der Waals surface area contributed by atoms with Crippen LogP contribution in [0.3, 0.4) is 0 Å². The minimum Gasteiger partial charge on any atom is -0.503 e. The highest BCUT2D eigenvalue weighted by atomic mass is 16.3. The first kappa shape index (κ1) is 19.9. The van der Waals surface area contributed by atoms with E-state index >= 15 is 0 Å². The molecule has 0 aliphatic carbocycles. The molecule has 1 amide bonds. The molecule has 0 bridgehead atoms. The van der Waals surface area contributed by atoms with Gasteiger partial charge >= 0.3 is 0 Å². The van der Waals surface area contributed by atoms with E-state index in [1.165, 1.54) is 11.2 Å². The van der Waals surface area contributed by atoms with Gasteiger partial charge in [0.2, 0.25) is 0 Å². The average Bonchev–Trinajstić information content (AvgIpc) is 3.21. The van der Waals surface area contributed by atoms with Crippen LogP contribution in [0, 0.1) is 5.92 Å². The number of nitrogens with zero attached hydrogens (tertiary/aromatic N) is 1. The first-order chi connectivity index (χ1) is 13.1. The minimum atomic E-state index is -0.769. The van der Waals surface area contributed by atoms with Gasteiger partial charge in [-0.05, 0) is 41.2 Å². The SMILES string of the molecule is CC(C)CC(=O)C1=C(O)C(=O)N(c2ccc(C(C)(C)C)cc2)C1c1ccco1. The van der Waals surface area contributed by atoms with Crippen LogP contribution in [0.1, 0.15) is 58.4 Å².